The zero-order chi connectivity index (χ0) is 16.8. The van der Waals surface area contributed by atoms with Gasteiger partial charge >= 0.3 is 0 Å². The van der Waals surface area contributed by atoms with E-state index >= 15 is 0 Å². The standard InChI is InChI=1S/C14H10NS.C5H8O2.Ir/c1-15-9-5-4-7-12(15)14-10-11-6-2-3-8-13(11)16-14;1-4(6)3-5(2)7;/h2-9H,1H2;3,6H,1-2H3;/q-1;;. The summed E-state index contributed by atoms with van der Waals surface area (Å²) in [6.07, 6.45) is 3.12. The molecule has 0 bridgehead atoms. The van der Waals surface area contributed by atoms with Gasteiger partial charge in [-0.2, -0.15) is 0 Å². The second kappa shape index (κ2) is 9.38. The van der Waals surface area contributed by atoms with Crippen molar-refractivity contribution in [3.05, 3.63) is 73.6 Å². The fourth-order valence-corrected chi connectivity index (χ4v) is 3.06. The third kappa shape index (κ3) is 5.60. The number of hydrogen-bond donors (Lipinski definition) is 1. The summed E-state index contributed by atoms with van der Waals surface area (Å²) in [6, 6.07) is 17.8. The van der Waals surface area contributed by atoms with Crippen LogP contribution in [0.3, 0.4) is 0 Å². The van der Waals surface area contributed by atoms with E-state index in [0.29, 0.717) is 0 Å². The van der Waals surface area contributed by atoms with Gasteiger partial charge in [0.1, 0.15) is 5.69 Å². The summed E-state index contributed by atoms with van der Waals surface area (Å²) in [5.41, 5.74) is 1.10. The molecule has 0 aliphatic heterocycles. The topological polar surface area (TPSA) is 41.2 Å². The number of benzene rings is 1. The molecule has 0 aliphatic carbocycles. The van der Waals surface area contributed by atoms with Crippen molar-refractivity contribution in [2.75, 3.05) is 0 Å². The SMILES string of the molecule is CC(=O)C=C(C)O.[CH2-][n+]1ccccc1-c1[c-]c2ccccc2s1.[Ir]. The third-order valence-electron chi connectivity index (χ3n) is 2.93. The molecule has 0 spiro atoms. The summed E-state index contributed by atoms with van der Waals surface area (Å²) >= 11 is 1.75. The second-order valence-corrected chi connectivity index (χ2v) is 6.06. The van der Waals surface area contributed by atoms with Crippen LogP contribution in [0.4, 0.5) is 0 Å². The van der Waals surface area contributed by atoms with Crippen molar-refractivity contribution in [3.63, 3.8) is 0 Å². The Labute approximate surface area is 159 Å². The first-order chi connectivity index (χ1) is 11.0. The fraction of sp³-hybridized carbons (Fsp3) is 0.105. The maximum atomic E-state index is 10.0. The molecule has 0 amide bonds. The number of fused-ring (bicyclic) bond motifs is 1. The average molecular weight is 517 g/mol. The number of hydrogen-bond acceptors (Lipinski definition) is 3. The Hall–Kier alpha value is -1.94. The minimum Gasteiger partial charge on any atom is -0.512 e. The van der Waals surface area contributed by atoms with Gasteiger partial charge in [0.2, 0.25) is 0 Å². The number of aromatic nitrogens is 1. The van der Waals surface area contributed by atoms with E-state index in [-0.39, 0.29) is 31.6 Å². The molecule has 0 saturated heterocycles. The van der Waals surface area contributed by atoms with Crippen molar-refractivity contribution in [3.8, 4) is 10.6 Å². The first kappa shape index (κ1) is 20.1. The number of nitrogens with zero attached hydrogens (tertiary/aromatic N) is 1. The number of allylic oxidation sites excluding steroid dienone is 2. The molecule has 0 unspecified atom stereocenters. The second-order valence-electron chi connectivity index (χ2n) is 5.00. The van der Waals surface area contributed by atoms with E-state index in [9.17, 15) is 4.79 Å². The van der Waals surface area contributed by atoms with Gasteiger partial charge in [0.15, 0.2) is 5.78 Å². The smallest absolute Gasteiger partial charge is 0.155 e. The maximum Gasteiger partial charge on any atom is 0.155 e. The number of aliphatic hydroxyl groups is 1. The Bertz CT molecular complexity index is 818. The summed E-state index contributed by atoms with van der Waals surface area (Å²) < 4.78 is 3.14. The van der Waals surface area contributed by atoms with E-state index in [2.05, 4.69) is 37.4 Å². The van der Waals surface area contributed by atoms with E-state index in [1.54, 1.807) is 11.3 Å². The van der Waals surface area contributed by atoms with E-state index in [1.807, 2.05) is 29.0 Å². The summed E-state index contributed by atoms with van der Waals surface area (Å²) in [6.45, 7) is 2.85. The molecule has 1 N–H and O–H groups in total. The van der Waals surface area contributed by atoms with Crippen molar-refractivity contribution < 1.29 is 34.6 Å². The maximum absolute atomic E-state index is 10.0. The first-order valence-electron chi connectivity index (χ1n) is 7.08. The third-order valence-corrected chi connectivity index (χ3v) is 4.02. The van der Waals surface area contributed by atoms with Crippen molar-refractivity contribution in [1.82, 2.24) is 0 Å². The Morgan fingerprint density at radius 1 is 1.21 bits per heavy atom. The van der Waals surface area contributed by atoms with Crippen LogP contribution in [-0.2, 0) is 24.9 Å². The molecule has 24 heavy (non-hydrogen) atoms. The van der Waals surface area contributed by atoms with E-state index in [4.69, 9.17) is 5.11 Å². The zero-order valence-corrected chi connectivity index (χ0v) is 16.7. The number of carbonyl (C=O) groups is 1. The number of aliphatic hydroxyl groups excluding tert-OH is 1. The van der Waals surface area contributed by atoms with Crippen LogP contribution in [0.2, 0.25) is 0 Å². The number of carbonyl (C=O) groups excluding carboxylic acids is 1. The van der Waals surface area contributed by atoms with Gasteiger partial charge < -0.3 is 9.67 Å². The molecule has 0 fully saturated rings. The molecule has 1 radical (unpaired) electrons. The van der Waals surface area contributed by atoms with Crippen LogP contribution >= 0.6 is 11.3 Å². The monoisotopic (exact) mass is 517 g/mol. The van der Waals surface area contributed by atoms with Gasteiger partial charge in [-0.1, -0.05) is 24.3 Å². The van der Waals surface area contributed by atoms with Crippen molar-refractivity contribution >= 4 is 27.2 Å². The summed E-state index contributed by atoms with van der Waals surface area (Å²) in [4.78, 5) is 11.2. The van der Waals surface area contributed by atoms with Crippen molar-refractivity contribution in [2.45, 2.75) is 13.8 Å². The normalized spacial score (nSPS) is 10.5. The van der Waals surface area contributed by atoms with Crippen LogP contribution in [0.25, 0.3) is 20.7 Å². The van der Waals surface area contributed by atoms with Crippen LogP contribution in [0.1, 0.15) is 13.8 Å². The van der Waals surface area contributed by atoms with Crippen LogP contribution in [0, 0.1) is 13.1 Å². The molecular weight excluding hydrogens is 498 g/mol. The summed E-state index contributed by atoms with van der Waals surface area (Å²) in [5.74, 6) is -0.0625. The minimum atomic E-state index is -0.125. The molecule has 2 aromatic heterocycles. The Balaban J connectivity index is 0.000000312. The van der Waals surface area contributed by atoms with Gasteiger partial charge in [0.25, 0.3) is 0 Å². The van der Waals surface area contributed by atoms with Gasteiger partial charge in [0.05, 0.1) is 12.0 Å². The molecule has 5 heteroatoms. The Morgan fingerprint density at radius 2 is 1.88 bits per heavy atom. The van der Waals surface area contributed by atoms with Gasteiger partial charge in [-0.25, -0.2) is 11.3 Å². The number of pyridine rings is 1. The van der Waals surface area contributed by atoms with Crippen LogP contribution in [0.5, 0.6) is 0 Å². The zero-order valence-electron chi connectivity index (χ0n) is 13.4. The van der Waals surface area contributed by atoms with Crippen molar-refractivity contribution in [1.29, 1.82) is 0 Å². The van der Waals surface area contributed by atoms with Crippen LogP contribution in [-0.4, -0.2) is 10.9 Å². The van der Waals surface area contributed by atoms with E-state index < -0.39 is 0 Å². The minimum absolute atomic E-state index is 0. The molecule has 3 rings (SSSR count). The van der Waals surface area contributed by atoms with E-state index in [0.717, 1.165) is 10.6 Å². The predicted octanol–water partition coefficient (Wildman–Crippen LogP) is 4.33. The molecule has 0 saturated carbocycles. The van der Waals surface area contributed by atoms with Gasteiger partial charge in [-0.3, -0.25) is 4.79 Å². The molecule has 0 aliphatic rings. The quantitative estimate of drug-likeness (QED) is 0.239. The molecule has 1 aromatic carbocycles. The fourth-order valence-electron chi connectivity index (χ4n) is 2.01. The van der Waals surface area contributed by atoms with Gasteiger partial charge in [-0.15, -0.1) is 23.6 Å². The Morgan fingerprint density at radius 3 is 2.42 bits per heavy atom. The Kier molecular flexibility index (Phi) is 7.86. The number of rotatable bonds is 2. The van der Waals surface area contributed by atoms with Gasteiger partial charge in [0, 0.05) is 38.1 Å². The molecule has 3 nitrogen and oxygen atoms in total. The molecule has 127 valence electrons. The molecule has 2 heterocycles. The number of ketones is 1. The first-order valence-corrected chi connectivity index (χ1v) is 7.89. The molecule has 0 atom stereocenters. The number of thiophene rings is 1. The molecule has 3 aromatic rings. The van der Waals surface area contributed by atoms with E-state index in [1.165, 1.54) is 30.0 Å². The summed E-state index contributed by atoms with van der Waals surface area (Å²) in [5, 5.41) is 9.54. The summed E-state index contributed by atoms with van der Waals surface area (Å²) in [7, 11) is 3.97. The average Bonchev–Trinajstić information content (AvgIpc) is 2.90. The van der Waals surface area contributed by atoms with Crippen molar-refractivity contribution in [2.24, 2.45) is 0 Å². The van der Waals surface area contributed by atoms with Crippen LogP contribution in [0.15, 0.2) is 60.5 Å². The van der Waals surface area contributed by atoms with Crippen LogP contribution < -0.4 is 4.57 Å². The molecular formula is C19H18IrNO2S-. The predicted molar refractivity (Wildman–Crippen MR) is 94.1 cm³/mol. The largest absolute Gasteiger partial charge is 0.512 e. The van der Waals surface area contributed by atoms with Gasteiger partial charge in [-0.05, 0) is 24.6 Å².